The number of hydrogen-bond donors (Lipinski definition) is 0. The summed E-state index contributed by atoms with van der Waals surface area (Å²) in [6, 6.07) is 5.70. The predicted molar refractivity (Wildman–Crippen MR) is 47.3 cm³/mol. The molecule has 0 unspecified atom stereocenters. The van der Waals surface area contributed by atoms with Crippen molar-refractivity contribution < 1.29 is 8.78 Å². The minimum atomic E-state index is -0.845. The molecule has 1 aromatic carbocycles. The molecule has 0 aliphatic rings. The Kier molecular flexibility index (Phi) is 3.71. The summed E-state index contributed by atoms with van der Waals surface area (Å²) >= 11 is 1.34. The second kappa shape index (κ2) is 4.83. The van der Waals surface area contributed by atoms with Crippen LogP contribution in [0.5, 0.6) is 0 Å². The van der Waals surface area contributed by atoms with Crippen molar-refractivity contribution in [2.75, 3.05) is 5.75 Å². The maximum atomic E-state index is 12.6. The summed E-state index contributed by atoms with van der Waals surface area (Å²) in [5.74, 6) is -1.09. The van der Waals surface area contributed by atoms with Crippen LogP contribution in [0.1, 0.15) is 6.42 Å². The third-order valence-corrected chi connectivity index (χ3v) is 2.37. The summed E-state index contributed by atoms with van der Waals surface area (Å²) in [7, 11) is 0. The van der Waals surface area contributed by atoms with Gasteiger partial charge in [-0.2, -0.15) is 5.26 Å². The van der Waals surface area contributed by atoms with E-state index in [1.807, 2.05) is 6.07 Å². The monoisotopic (exact) mass is 199 g/mol. The molecule has 1 nitrogen and oxygen atoms in total. The molecule has 0 aliphatic heterocycles. The van der Waals surface area contributed by atoms with Gasteiger partial charge in [0.05, 0.1) is 6.07 Å². The highest BCUT2D eigenvalue weighted by Gasteiger charge is 2.02. The van der Waals surface area contributed by atoms with E-state index in [0.717, 1.165) is 12.1 Å². The smallest absolute Gasteiger partial charge is 0.159 e. The van der Waals surface area contributed by atoms with Gasteiger partial charge < -0.3 is 0 Å². The number of nitriles is 1. The lowest BCUT2D eigenvalue weighted by molar-refractivity contribution is 0.506. The van der Waals surface area contributed by atoms with Crippen LogP contribution in [-0.2, 0) is 0 Å². The third-order valence-electron chi connectivity index (χ3n) is 1.37. The van der Waals surface area contributed by atoms with Gasteiger partial charge >= 0.3 is 0 Å². The normalized spacial score (nSPS) is 9.62. The molecule has 13 heavy (non-hydrogen) atoms. The molecule has 1 aromatic rings. The third kappa shape index (κ3) is 3.03. The van der Waals surface area contributed by atoms with E-state index in [1.54, 1.807) is 0 Å². The van der Waals surface area contributed by atoms with Crippen molar-refractivity contribution in [3.63, 3.8) is 0 Å². The molecule has 0 saturated heterocycles. The van der Waals surface area contributed by atoms with Crippen molar-refractivity contribution in [2.45, 2.75) is 11.3 Å². The van der Waals surface area contributed by atoms with Crippen molar-refractivity contribution in [1.82, 2.24) is 0 Å². The quantitative estimate of drug-likeness (QED) is 0.552. The lowest BCUT2D eigenvalue weighted by atomic mass is 10.3. The maximum absolute atomic E-state index is 12.6. The molecule has 0 radical (unpaired) electrons. The van der Waals surface area contributed by atoms with E-state index < -0.39 is 11.6 Å². The summed E-state index contributed by atoms with van der Waals surface area (Å²) < 4.78 is 25.1. The molecule has 0 N–H and O–H groups in total. The van der Waals surface area contributed by atoms with E-state index in [2.05, 4.69) is 0 Å². The van der Waals surface area contributed by atoms with Gasteiger partial charge in [0.1, 0.15) is 0 Å². The highest BCUT2D eigenvalue weighted by atomic mass is 32.2. The molecule has 4 heteroatoms. The Morgan fingerprint density at radius 3 is 2.69 bits per heavy atom. The van der Waals surface area contributed by atoms with Gasteiger partial charge in [-0.05, 0) is 18.2 Å². The van der Waals surface area contributed by atoms with Crippen molar-refractivity contribution in [1.29, 1.82) is 5.26 Å². The Morgan fingerprint density at radius 1 is 1.31 bits per heavy atom. The first kappa shape index (κ1) is 10.0. The van der Waals surface area contributed by atoms with Crippen LogP contribution < -0.4 is 0 Å². The molecule has 0 amide bonds. The van der Waals surface area contributed by atoms with E-state index in [-0.39, 0.29) is 0 Å². The summed E-state index contributed by atoms with van der Waals surface area (Å²) in [5, 5.41) is 8.25. The van der Waals surface area contributed by atoms with Gasteiger partial charge in [-0.3, -0.25) is 0 Å². The molecule has 0 fully saturated rings. The van der Waals surface area contributed by atoms with Crippen LogP contribution in [-0.4, -0.2) is 5.75 Å². The average Bonchev–Trinajstić information content (AvgIpc) is 2.12. The number of benzene rings is 1. The maximum Gasteiger partial charge on any atom is 0.159 e. The summed E-state index contributed by atoms with van der Waals surface area (Å²) in [4.78, 5) is 0.647. The van der Waals surface area contributed by atoms with Crippen molar-refractivity contribution in [3.05, 3.63) is 29.8 Å². The van der Waals surface area contributed by atoms with E-state index in [9.17, 15) is 8.78 Å². The van der Waals surface area contributed by atoms with Gasteiger partial charge in [0.25, 0.3) is 0 Å². The fourth-order valence-electron chi connectivity index (χ4n) is 0.781. The number of thioether (sulfide) groups is 1. The van der Waals surface area contributed by atoms with Gasteiger partial charge in [-0.1, -0.05) is 0 Å². The highest BCUT2D eigenvalue weighted by molar-refractivity contribution is 7.99. The molecule has 0 heterocycles. The first-order chi connectivity index (χ1) is 6.24. The van der Waals surface area contributed by atoms with Gasteiger partial charge in [0.2, 0.25) is 0 Å². The number of halogens is 2. The zero-order valence-electron chi connectivity index (χ0n) is 6.76. The molecule has 68 valence electrons. The van der Waals surface area contributed by atoms with Crippen molar-refractivity contribution in [2.24, 2.45) is 0 Å². The van der Waals surface area contributed by atoms with Crippen LogP contribution in [0.3, 0.4) is 0 Å². The largest absolute Gasteiger partial charge is 0.204 e. The minimum absolute atomic E-state index is 0.406. The lowest BCUT2D eigenvalue weighted by Gasteiger charge is -1.98. The Morgan fingerprint density at radius 2 is 2.08 bits per heavy atom. The van der Waals surface area contributed by atoms with Gasteiger partial charge in [0.15, 0.2) is 11.6 Å². The Balaban J connectivity index is 2.59. The van der Waals surface area contributed by atoms with E-state index in [1.165, 1.54) is 17.8 Å². The molecule has 0 aromatic heterocycles. The molecule has 0 aliphatic carbocycles. The SMILES string of the molecule is N#CCCSc1ccc(F)c(F)c1. The summed E-state index contributed by atoms with van der Waals surface area (Å²) in [6.45, 7) is 0. The molecular formula is C9H7F2NS. The van der Waals surface area contributed by atoms with Crippen LogP contribution in [0.25, 0.3) is 0 Å². The van der Waals surface area contributed by atoms with Crippen molar-refractivity contribution in [3.8, 4) is 6.07 Å². The summed E-state index contributed by atoms with van der Waals surface area (Å²) in [5.41, 5.74) is 0. The van der Waals surface area contributed by atoms with Gasteiger partial charge in [0, 0.05) is 17.1 Å². The molecule has 1 rings (SSSR count). The molecule has 0 bridgehead atoms. The molecule has 0 atom stereocenters. The number of rotatable bonds is 3. The standard InChI is InChI=1S/C9H7F2NS/c10-8-3-2-7(6-9(8)11)13-5-1-4-12/h2-3,6H,1,5H2. The highest BCUT2D eigenvalue weighted by Crippen LogP contribution is 2.20. The summed E-state index contributed by atoms with van der Waals surface area (Å²) in [6.07, 6.45) is 0.406. The fourth-order valence-corrected chi connectivity index (χ4v) is 1.56. The van der Waals surface area contributed by atoms with Crippen LogP contribution >= 0.6 is 11.8 Å². The average molecular weight is 199 g/mol. The molecular weight excluding hydrogens is 192 g/mol. The predicted octanol–water partition coefficient (Wildman–Crippen LogP) is 2.97. The van der Waals surface area contributed by atoms with Crippen LogP contribution in [0.15, 0.2) is 23.1 Å². The Hall–Kier alpha value is -1.08. The van der Waals surface area contributed by atoms with Crippen LogP contribution in [0, 0.1) is 23.0 Å². The minimum Gasteiger partial charge on any atom is -0.204 e. The zero-order chi connectivity index (χ0) is 9.68. The van der Waals surface area contributed by atoms with Crippen molar-refractivity contribution >= 4 is 11.8 Å². The van der Waals surface area contributed by atoms with E-state index in [0.29, 0.717) is 17.1 Å². The first-order valence-corrected chi connectivity index (χ1v) is 4.67. The van der Waals surface area contributed by atoms with E-state index >= 15 is 0 Å². The Labute approximate surface area is 79.4 Å². The second-order valence-electron chi connectivity index (χ2n) is 2.33. The van der Waals surface area contributed by atoms with E-state index in [4.69, 9.17) is 5.26 Å². The second-order valence-corrected chi connectivity index (χ2v) is 3.50. The zero-order valence-corrected chi connectivity index (χ0v) is 7.57. The number of hydrogen-bond acceptors (Lipinski definition) is 2. The first-order valence-electron chi connectivity index (χ1n) is 3.69. The van der Waals surface area contributed by atoms with Gasteiger partial charge in [-0.25, -0.2) is 8.78 Å². The fraction of sp³-hybridized carbons (Fsp3) is 0.222. The van der Waals surface area contributed by atoms with Gasteiger partial charge in [-0.15, -0.1) is 11.8 Å². The topological polar surface area (TPSA) is 23.8 Å². The number of nitrogens with zero attached hydrogens (tertiary/aromatic N) is 1. The lowest BCUT2D eigenvalue weighted by Crippen LogP contribution is -1.84. The molecule has 0 saturated carbocycles. The Bertz CT molecular complexity index is 333. The molecule has 0 spiro atoms. The van der Waals surface area contributed by atoms with Crippen LogP contribution in [0.4, 0.5) is 8.78 Å². The van der Waals surface area contributed by atoms with Crippen LogP contribution in [0.2, 0.25) is 0 Å².